The number of ether oxygens (including phenoxy) is 1. The van der Waals surface area contributed by atoms with Crippen LogP contribution in [-0.4, -0.2) is 19.7 Å². The molecule has 0 aliphatic rings. The highest BCUT2D eigenvalue weighted by Gasteiger charge is 2.13. The van der Waals surface area contributed by atoms with Gasteiger partial charge in [0.05, 0.1) is 0 Å². The van der Waals surface area contributed by atoms with Gasteiger partial charge in [-0.2, -0.15) is 4.39 Å². The highest BCUT2D eigenvalue weighted by molar-refractivity contribution is 5.25. The normalized spacial score (nSPS) is 12.5. The fourth-order valence-corrected chi connectivity index (χ4v) is 1.25. The molecule has 0 aliphatic heterocycles. The summed E-state index contributed by atoms with van der Waals surface area (Å²) in [6.45, 7) is 2.53. The van der Waals surface area contributed by atoms with E-state index in [0.717, 1.165) is 12.5 Å². The lowest BCUT2D eigenvalue weighted by molar-refractivity contribution is 0.186. The van der Waals surface area contributed by atoms with E-state index in [2.05, 4.69) is 5.32 Å². The molecule has 1 rings (SSSR count). The van der Waals surface area contributed by atoms with Crippen LogP contribution in [0.2, 0.25) is 0 Å². The molecule has 0 aliphatic carbocycles. The number of hydrogen-bond acceptors (Lipinski definition) is 2. The summed E-state index contributed by atoms with van der Waals surface area (Å²) in [5.74, 6) is -1.84. The Labute approximate surface area is 88.3 Å². The lowest BCUT2D eigenvalue weighted by Gasteiger charge is -2.17. The number of likely N-dealkylation sites (N-methyl/N-ethyl adjacent to an activating group) is 1. The van der Waals surface area contributed by atoms with E-state index >= 15 is 0 Å². The summed E-state index contributed by atoms with van der Waals surface area (Å²) in [6, 6.07) is 3.93. The summed E-state index contributed by atoms with van der Waals surface area (Å²) in [4.78, 5) is 0. The Bertz CT molecular complexity index is 317. The van der Waals surface area contributed by atoms with Crippen LogP contribution in [0.3, 0.4) is 0 Å². The number of rotatable bonds is 5. The molecule has 1 unspecified atom stereocenters. The molecule has 0 amide bonds. The first kappa shape index (κ1) is 11.9. The second-order valence-electron chi connectivity index (χ2n) is 3.26. The minimum atomic E-state index is -0.924. The summed E-state index contributed by atoms with van der Waals surface area (Å²) in [6.07, 6.45) is 0.586. The average molecular weight is 215 g/mol. The molecule has 4 heteroatoms. The minimum Gasteiger partial charge on any atom is -0.486 e. The van der Waals surface area contributed by atoms with Crippen molar-refractivity contribution in [3.05, 3.63) is 29.8 Å². The van der Waals surface area contributed by atoms with E-state index in [-0.39, 0.29) is 11.9 Å². The van der Waals surface area contributed by atoms with Crippen LogP contribution in [0, 0.1) is 11.6 Å². The third-order valence-electron chi connectivity index (χ3n) is 2.10. The standard InChI is InChI=1S/C11H15F2NO/c1-3-8(7-14-2)15-10-6-4-5-9(12)11(10)13/h4-6,8,14H,3,7H2,1-2H3. The van der Waals surface area contributed by atoms with Gasteiger partial charge in [0.25, 0.3) is 0 Å². The van der Waals surface area contributed by atoms with Crippen molar-refractivity contribution in [1.29, 1.82) is 0 Å². The topological polar surface area (TPSA) is 21.3 Å². The van der Waals surface area contributed by atoms with Gasteiger partial charge in [-0.25, -0.2) is 4.39 Å². The molecule has 0 radical (unpaired) electrons. The van der Waals surface area contributed by atoms with Crippen LogP contribution < -0.4 is 10.1 Å². The fraction of sp³-hybridized carbons (Fsp3) is 0.455. The van der Waals surface area contributed by atoms with E-state index in [4.69, 9.17) is 4.74 Å². The summed E-state index contributed by atoms with van der Waals surface area (Å²) in [5, 5.41) is 2.93. The molecule has 2 nitrogen and oxygen atoms in total. The summed E-state index contributed by atoms with van der Waals surface area (Å²) in [7, 11) is 1.79. The van der Waals surface area contributed by atoms with E-state index in [1.54, 1.807) is 7.05 Å². The van der Waals surface area contributed by atoms with Crippen molar-refractivity contribution < 1.29 is 13.5 Å². The van der Waals surface area contributed by atoms with Gasteiger partial charge >= 0.3 is 0 Å². The molecule has 0 fully saturated rings. The van der Waals surface area contributed by atoms with Gasteiger partial charge in [-0.15, -0.1) is 0 Å². The number of halogens is 2. The first-order valence-electron chi connectivity index (χ1n) is 4.94. The molecule has 0 aromatic heterocycles. The SMILES string of the molecule is CCC(CNC)Oc1cccc(F)c1F. The summed E-state index contributed by atoms with van der Waals surface area (Å²) >= 11 is 0. The Kier molecular flexibility index (Phi) is 4.49. The zero-order valence-corrected chi connectivity index (χ0v) is 8.89. The van der Waals surface area contributed by atoms with Crippen LogP contribution in [0.5, 0.6) is 5.75 Å². The van der Waals surface area contributed by atoms with Crippen molar-refractivity contribution in [2.75, 3.05) is 13.6 Å². The molecule has 0 saturated heterocycles. The lowest BCUT2D eigenvalue weighted by Crippen LogP contribution is -2.28. The number of nitrogens with one attached hydrogen (secondary N) is 1. The van der Waals surface area contributed by atoms with Crippen molar-refractivity contribution >= 4 is 0 Å². The highest BCUT2D eigenvalue weighted by atomic mass is 19.2. The van der Waals surface area contributed by atoms with E-state index in [0.29, 0.717) is 6.54 Å². The Morgan fingerprint density at radius 2 is 2.13 bits per heavy atom. The average Bonchev–Trinajstić information content (AvgIpc) is 2.24. The maximum absolute atomic E-state index is 13.2. The lowest BCUT2D eigenvalue weighted by atomic mass is 10.2. The first-order chi connectivity index (χ1) is 7.19. The van der Waals surface area contributed by atoms with E-state index < -0.39 is 11.6 Å². The third kappa shape index (κ3) is 3.16. The van der Waals surface area contributed by atoms with Gasteiger partial charge in [0.15, 0.2) is 11.6 Å². The Balaban J connectivity index is 2.74. The highest BCUT2D eigenvalue weighted by Crippen LogP contribution is 2.20. The van der Waals surface area contributed by atoms with E-state index in [1.807, 2.05) is 6.92 Å². The monoisotopic (exact) mass is 215 g/mol. The second-order valence-corrected chi connectivity index (χ2v) is 3.26. The molecule has 0 saturated carbocycles. The van der Waals surface area contributed by atoms with Crippen LogP contribution in [0.1, 0.15) is 13.3 Å². The zero-order valence-electron chi connectivity index (χ0n) is 8.89. The molecule has 15 heavy (non-hydrogen) atoms. The van der Waals surface area contributed by atoms with Crippen LogP contribution in [0.15, 0.2) is 18.2 Å². The van der Waals surface area contributed by atoms with E-state index in [9.17, 15) is 8.78 Å². The predicted molar refractivity (Wildman–Crippen MR) is 55.0 cm³/mol. The van der Waals surface area contributed by atoms with Crippen LogP contribution >= 0.6 is 0 Å². The number of hydrogen-bond donors (Lipinski definition) is 1. The quantitative estimate of drug-likeness (QED) is 0.814. The molecule has 0 spiro atoms. The van der Waals surface area contributed by atoms with Gasteiger partial charge in [0, 0.05) is 6.54 Å². The largest absolute Gasteiger partial charge is 0.486 e. The Hall–Kier alpha value is -1.16. The molecule has 0 bridgehead atoms. The van der Waals surface area contributed by atoms with Gasteiger partial charge in [-0.3, -0.25) is 0 Å². The predicted octanol–water partition coefficient (Wildman–Crippen LogP) is 2.34. The van der Waals surface area contributed by atoms with E-state index in [1.165, 1.54) is 12.1 Å². The Morgan fingerprint density at radius 1 is 1.40 bits per heavy atom. The molecule has 0 heterocycles. The van der Waals surface area contributed by atoms with Gasteiger partial charge in [0.1, 0.15) is 6.10 Å². The van der Waals surface area contributed by atoms with Gasteiger partial charge in [0.2, 0.25) is 5.82 Å². The minimum absolute atomic E-state index is 0.0305. The molecule has 1 aromatic carbocycles. The maximum atomic E-state index is 13.2. The van der Waals surface area contributed by atoms with Crippen molar-refractivity contribution in [3.8, 4) is 5.75 Å². The van der Waals surface area contributed by atoms with Gasteiger partial charge in [-0.1, -0.05) is 13.0 Å². The number of benzene rings is 1. The molecular weight excluding hydrogens is 200 g/mol. The summed E-state index contributed by atoms with van der Waals surface area (Å²) in [5.41, 5.74) is 0. The molecule has 84 valence electrons. The molecule has 1 atom stereocenters. The van der Waals surface area contributed by atoms with Gasteiger partial charge < -0.3 is 10.1 Å². The Morgan fingerprint density at radius 3 is 2.73 bits per heavy atom. The van der Waals surface area contributed by atoms with Crippen molar-refractivity contribution in [2.45, 2.75) is 19.4 Å². The molecule has 1 aromatic rings. The fourth-order valence-electron chi connectivity index (χ4n) is 1.25. The van der Waals surface area contributed by atoms with Crippen LogP contribution in [-0.2, 0) is 0 Å². The van der Waals surface area contributed by atoms with Crippen LogP contribution in [0.25, 0.3) is 0 Å². The van der Waals surface area contributed by atoms with Crippen LogP contribution in [0.4, 0.5) is 8.78 Å². The van der Waals surface area contributed by atoms with Crippen molar-refractivity contribution in [3.63, 3.8) is 0 Å². The first-order valence-corrected chi connectivity index (χ1v) is 4.94. The molecule has 1 N–H and O–H groups in total. The van der Waals surface area contributed by atoms with Gasteiger partial charge in [-0.05, 0) is 25.6 Å². The molecular formula is C11H15F2NO. The third-order valence-corrected chi connectivity index (χ3v) is 2.10. The second kappa shape index (κ2) is 5.66. The maximum Gasteiger partial charge on any atom is 0.200 e. The van der Waals surface area contributed by atoms with Crippen molar-refractivity contribution in [2.24, 2.45) is 0 Å². The summed E-state index contributed by atoms with van der Waals surface area (Å²) < 4.78 is 31.4. The zero-order chi connectivity index (χ0) is 11.3. The smallest absolute Gasteiger partial charge is 0.200 e. The van der Waals surface area contributed by atoms with Crippen molar-refractivity contribution in [1.82, 2.24) is 5.32 Å².